The van der Waals surface area contributed by atoms with E-state index in [1.54, 1.807) is 0 Å². The van der Waals surface area contributed by atoms with Crippen LogP contribution in [0.5, 0.6) is 0 Å². The molecule has 0 saturated heterocycles. The molecule has 12 rings (SSSR count). The van der Waals surface area contributed by atoms with Gasteiger partial charge in [-0.15, -0.1) is 11.3 Å². The summed E-state index contributed by atoms with van der Waals surface area (Å²) in [6, 6.07) is 70.5. The molecule has 9 aromatic carbocycles. The van der Waals surface area contributed by atoms with Gasteiger partial charge in [0.05, 0.1) is 11.4 Å². The number of hydrogen-bond donors (Lipinski definition) is 0. The third-order valence-electron chi connectivity index (χ3n) is 12.7. The Morgan fingerprint density at radius 1 is 0.367 bits per heavy atom. The van der Waals surface area contributed by atoms with Crippen LogP contribution in [0.2, 0.25) is 0 Å². The Labute approximate surface area is 353 Å². The quantitative estimate of drug-likeness (QED) is 0.174. The Bertz CT molecular complexity index is 3500. The Morgan fingerprint density at radius 2 is 0.917 bits per heavy atom. The lowest BCUT2D eigenvalue weighted by atomic mass is 9.77. The molecule has 0 radical (unpaired) electrons. The minimum absolute atomic E-state index is 0.141. The van der Waals surface area contributed by atoms with Crippen LogP contribution in [-0.2, 0) is 5.41 Å². The normalized spacial score (nSPS) is 13.0. The highest BCUT2D eigenvalue weighted by Gasteiger charge is 2.38. The van der Waals surface area contributed by atoms with E-state index in [1.807, 2.05) is 17.4 Å². The Kier molecular flexibility index (Phi) is 7.79. The SMILES string of the molecule is CC1(C)c2c(-c3ccc(-c4ccc(-c5cc(-c6cccc7sc8ccccc8c67)nc(-c6ccccc6)n5)c5ccccc45)cc3)cccc2-c2ccc3ccccc3c21. The van der Waals surface area contributed by atoms with Gasteiger partial charge in [-0.1, -0.05) is 190 Å². The monoisotopic (exact) mass is 782 g/mol. The van der Waals surface area contributed by atoms with Crippen LogP contribution in [0.3, 0.4) is 0 Å². The van der Waals surface area contributed by atoms with Crippen LogP contribution in [0.1, 0.15) is 25.0 Å². The fourth-order valence-corrected chi connectivity index (χ4v) is 11.1. The summed E-state index contributed by atoms with van der Waals surface area (Å²) >= 11 is 1.83. The molecule has 2 heterocycles. The molecule has 0 N–H and O–H groups in total. The number of rotatable bonds is 5. The number of aromatic nitrogens is 2. The average molecular weight is 783 g/mol. The molecule has 0 amide bonds. The zero-order valence-corrected chi connectivity index (χ0v) is 34.1. The van der Waals surface area contributed by atoms with E-state index in [2.05, 4.69) is 202 Å². The summed E-state index contributed by atoms with van der Waals surface area (Å²) in [5, 5.41) is 7.49. The van der Waals surface area contributed by atoms with Crippen molar-refractivity contribution in [2.75, 3.05) is 0 Å². The fraction of sp³-hybridized carbons (Fsp3) is 0.0526. The smallest absolute Gasteiger partial charge is 0.160 e. The molecule has 282 valence electrons. The summed E-state index contributed by atoms with van der Waals surface area (Å²) < 4.78 is 2.54. The maximum absolute atomic E-state index is 5.29. The zero-order chi connectivity index (χ0) is 40.0. The van der Waals surface area contributed by atoms with Crippen molar-refractivity contribution in [3.8, 4) is 67.3 Å². The van der Waals surface area contributed by atoms with E-state index < -0.39 is 0 Å². The van der Waals surface area contributed by atoms with Gasteiger partial charge < -0.3 is 0 Å². The fourth-order valence-electron chi connectivity index (χ4n) is 10.0. The van der Waals surface area contributed by atoms with Gasteiger partial charge in [-0.3, -0.25) is 0 Å². The standard InChI is InChI=1S/C57H38N2S/c1-57(2)54-41(21-12-22-45(54)46-31-30-35-14-6-7-17-40(35)55(46)57)37-28-26-36(27-29-37)39-32-33-44(43-19-9-8-18-42(39)43)49-34-50(59-56(58-49)38-15-4-3-5-16-38)47-23-13-25-52-53(47)48-20-10-11-24-51(48)60-52/h3-34H,1-2H3. The van der Waals surface area contributed by atoms with Crippen LogP contribution in [0.25, 0.3) is 109 Å². The summed E-state index contributed by atoms with van der Waals surface area (Å²) in [4.78, 5) is 10.6. The van der Waals surface area contributed by atoms with E-state index in [0.29, 0.717) is 0 Å². The van der Waals surface area contributed by atoms with Crippen molar-refractivity contribution in [1.29, 1.82) is 0 Å². The van der Waals surface area contributed by atoms with E-state index in [9.17, 15) is 0 Å². The van der Waals surface area contributed by atoms with Crippen molar-refractivity contribution in [1.82, 2.24) is 9.97 Å². The molecule has 0 spiro atoms. The van der Waals surface area contributed by atoms with Gasteiger partial charge in [0.15, 0.2) is 5.82 Å². The van der Waals surface area contributed by atoms with Gasteiger partial charge in [0.1, 0.15) is 0 Å². The minimum Gasteiger partial charge on any atom is -0.228 e. The van der Waals surface area contributed by atoms with Gasteiger partial charge in [0.2, 0.25) is 0 Å². The summed E-state index contributed by atoms with van der Waals surface area (Å²) in [5.74, 6) is 0.718. The van der Waals surface area contributed by atoms with Crippen molar-refractivity contribution in [2.45, 2.75) is 19.3 Å². The highest BCUT2D eigenvalue weighted by atomic mass is 32.1. The highest BCUT2D eigenvalue weighted by molar-refractivity contribution is 7.25. The second-order valence-corrected chi connectivity index (χ2v) is 17.5. The van der Waals surface area contributed by atoms with Gasteiger partial charge in [0.25, 0.3) is 0 Å². The predicted molar refractivity (Wildman–Crippen MR) is 255 cm³/mol. The molecule has 0 aliphatic heterocycles. The van der Waals surface area contributed by atoms with E-state index in [-0.39, 0.29) is 5.41 Å². The van der Waals surface area contributed by atoms with Gasteiger partial charge >= 0.3 is 0 Å². The van der Waals surface area contributed by atoms with Gasteiger partial charge in [-0.05, 0) is 84.3 Å². The second kappa shape index (κ2) is 13.4. The molecular weight excluding hydrogens is 745 g/mol. The largest absolute Gasteiger partial charge is 0.228 e. The maximum Gasteiger partial charge on any atom is 0.160 e. The van der Waals surface area contributed by atoms with E-state index in [4.69, 9.17) is 9.97 Å². The first-order valence-electron chi connectivity index (χ1n) is 20.7. The Hall–Kier alpha value is -7.20. The lowest BCUT2D eigenvalue weighted by Crippen LogP contribution is -2.16. The zero-order valence-electron chi connectivity index (χ0n) is 33.3. The van der Waals surface area contributed by atoms with Crippen molar-refractivity contribution >= 4 is 53.1 Å². The number of thiophene rings is 1. The maximum atomic E-state index is 5.29. The summed E-state index contributed by atoms with van der Waals surface area (Å²) in [5.41, 5.74) is 15.3. The molecule has 60 heavy (non-hydrogen) atoms. The molecule has 3 heteroatoms. The molecule has 1 aliphatic rings. The van der Waals surface area contributed by atoms with Crippen molar-refractivity contribution in [2.24, 2.45) is 0 Å². The first-order valence-corrected chi connectivity index (χ1v) is 21.5. The van der Waals surface area contributed by atoms with Gasteiger partial charge in [-0.2, -0.15) is 0 Å². The molecule has 1 aliphatic carbocycles. The Balaban J connectivity index is 0.973. The van der Waals surface area contributed by atoms with Crippen LogP contribution in [0.15, 0.2) is 194 Å². The van der Waals surface area contributed by atoms with Gasteiger partial charge in [-0.25, -0.2) is 9.97 Å². The van der Waals surface area contributed by atoms with Crippen LogP contribution in [0, 0.1) is 0 Å². The summed E-state index contributed by atoms with van der Waals surface area (Å²) in [7, 11) is 0. The number of hydrogen-bond acceptors (Lipinski definition) is 3. The average Bonchev–Trinajstić information content (AvgIpc) is 3.81. The minimum atomic E-state index is -0.141. The van der Waals surface area contributed by atoms with Crippen LogP contribution >= 0.6 is 11.3 Å². The topological polar surface area (TPSA) is 25.8 Å². The molecule has 11 aromatic rings. The Morgan fingerprint density at radius 3 is 1.72 bits per heavy atom. The second-order valence-electron chi connectivity index (χ2n) is 16.5. The lowest BCUT2D eigenvalue weighted by molar-refractivity contribution is 0.668. The first kappa shape index (κ1) is 34.8. The van der Waals surface area contributed by atoms with Crippen LogP contribution < -0.4 is 0 Å². The predicted octanol–water partition coefficient (Wildman–Crippen LogP) is 15.8. The molecule has 0 bridgehead atoms. The van der Waals surface area contributed by atoms with Crippen LogP contribution in [0.4, 0.5) is 0 Å². The molecule has 0 saturated carbocycles. The molecule has 0 unspecified atom stereocenters. The van der Waals surface area contributed by atoms with E-state index in [1.165, 1.54) is 80.8 Å². The third kappa shape index (κ3) is 5.33. The first-order chi connectivity index (χ1) is 29.5. The van der Waals surface area contributed by atoms with Gasteiger partial charge in [0, 0.05) is 42.3 Å². The summed E-state index contributed by atoms with van der Waals surface area (Å²) in [6.45, 7) is 4.78. The molecular formula is C57H38N2S. The highest BCUT2D eigenvalue weighted by Crippen LogP contribution is 2.54. The molecule has 0 fully saturated rings. The van der Waals surface area contributed by atoms with Crippen molar-refractivity contribution < 1.29 is 0 Å². The van der Waals surface area contributed by atoms with E-state index in [0.717, 1.165) is 39.3 Å². The molecule has 2 nitrogen and oxygen atoms in total. The summed E-state index contributed by atoms with van der Waals surface area (Å²) in [6.07, 6.45) is 0. The lowest BCUT2D eigenvalue weighted by Gasteiger charge is -2.26. The van der Waals surface area contributed by atoms with Crippen LogP contribution in [-0.4, -0.2) is 9.97 Å². The van der Waals surface area contributed by atoms with Crippen molar-refractivity contribution in [3.05, 3.63) is 205 Å². The number of nitrogens with zero attached hydrogens (tertiary/aromatic N) is 2. The molecule has 2 aromatic heterocycles. The number of benzene rings is 9. The van der Waals surface area contributed by atoms with E-state index >= 15 is 0 Å². The molecule has 0 atom stereocenters. The third-order valence-corrected chi connectivity index (χ3v) is 13.8. The number of fused-ring (bicyclic) bond motifs is 9. The van der Waals surface area contributed by atoms with Crippen molar-refractivity contribution in [3.63, 3.8) is 0 Å².